The molecule has 2 rings (SSSR count). The van der Waals surface area contributed by atoms with Crippen LogP contribution in [0.25, 0.3) is 11.4 Å². The Kier molecular flexibility index (Phi) is 2.08. The van der Waals surface area contributed by atoms with E-state index in [0.717, 1.165) is 17.1 Å². The van der Waals surface area contributed by atoms with Gasteiger partial charge >= 0.3 is 0 Å². The number of nitrogens with zero attached hydrogens (tertiary/aromatic N) is 3. The van der Waals surface area contributed by atoms with Crippen molar-refractivity contribution in [1.29, 1.82) is 0 Å². The van der Waals surface area contributed by atoms with Crippen molar-refractivity contribution >= 4 is 0 Å². The number of aromatic nitrogens is 3. The van der Waals surface area contributed by atoms with Crippen LogP contribution in [0.5, 0.6) is 0 Å². The van der Waals surface area contributed by atoms with Crippen molar-refractivity contribution in [2.45, 2.75) is 13.8 Å². The van der Waals surface area contributed by atoms with Gasteiger partial charge in [0.25, 0.3) is 0 Å². The molecule has 0 saturated heterocycles. The van der Waals surface area contributed by atoms with Crippen molar-refractivity contribution in [2.24, 2.45) is 7.05 Å². The van der Waals surface area contributed by atoms with Crippen LogP contribution in [0.2, 0.25) is 0 Å². The fourth-order valence-electron chi connectivity index (χ4n) is 1.53. The molecule has 0 aliphatic heterocycles. The molecule has 0 atom stereocenters. The molecule has 72 valence electrons. The molecular formula is C11H13N3. The highest BCUT2D eigenvalue weighted by atomic mass is 15.3. The fourth-order valence-corrected chi connectivity index (χ4v) is 1.53. The summed E-state index contributed by atoms with van der Waals surface area (Å²) < 4.78 is 1.86. The van der Waals surface area contributed by atoms with Gasteiger partial charge in [-0.2, -0.15) is 5.10 Å². The first-order valence-electron chi connectivity index (χ1n) is 4.60. The summed E-state index contributed by atoms with van der Waals surface area (Å²) in [7, 11) is 1.94. The topological polar surface area (TPSA) is 30.7 Å². The molecule has 0 N–H and O–H groups in total. The third kappa shape index (κ3) is 1.53. The summed E-state index contributed by atoms with van der Waals surface area (Å²) in [6.45, 7) is 4.05. The SMILES string of the molecule is Cc1ccnc(-c2cc(C)nn2C)c1. The van der Waals surface area contributed by atoms with E-state index in [2.05, 4.69) is 23.1 Å². The van der Waals surface area contributed by atoms with Gasteiger partial charge in [0.15, 0.2) is 0 Å². The van der Waals surface area contributed by atoms with Crippen LogP contribution >= 0.6 is 0 Å². The molecule has 0 spiro atoms. The Morgan fingerprint density at radius 3 is 2.57 bits per heavy atom. The summed E-state index contributed by atoms with van der Waals surface area (Å²) in [6.07, 6.45) is 1.83. The maximum Gasteiger partial charge on any atom is 0.0885 e. The standard InChI is InChI=1S/C11H13N3/c1-8-4-5-12-10(6-8)11-7-9(2)13-14(11)3/h4-7H,1-3H3. The molecule has 0 bridgehead atoms. The summed E-state index contributed by atoms with van der Waals surface area (Å²) in [5.74, 6) is 0. The van der Waals surface area contributed by atoms with Gasteiger partial charge in [-0.1, -0.05) is 0 Å². The Balaban J connectivity index is 2.54. The first-order chi connectivity index (χ1) is 6.66. The molecular weight excluding hydrogens is 174 g/mol. The second-order valence-corrected chi connectivity index (χ2v) is 3.51. The number of hydrogen-bond acceptors (Lipinski definition) is 2. The van der Waals surface area contributed by atoms with Crippen LogP contribution in [-0.2, 0) is 7.05 Å². The molecule has 0 saturated carbocycles. The molecule has 0 unspecified atom stereocenters. The molecule has 14 heavy (non-hydrogen) atoms. The number of hydrogen-bond donors (Lipinski definition) is 0. The van der Waals surface area contributed by atoms with Gasteiger partial charge in [0, 0.05) is 13.2 Å². The summed E-state index contributed by atoms with van der Waals surface area (Å²) >= 11 is 0. The molecule has 3 heteroatoms. The smallest absolute Gasteiger partial charge is 0.0885 e. The second-order valence-electron chi connectivity index (χ2n) is 3.51. The second kappa shape index (κ2) is 3.25. The Morgan fingerprint density at radius 2 is 2.00 bits per heavy atom. The van der Waals surface area contributed by atoms with Crippen LogP contribution in [-0.4, -0.2) is 14.8 Å². The van der Waals surface area contributed by atoms with Crippen molar-refractivity contribution in [3.05, 3.63) is 35.7 Å². The van der Waals surface area contributed by atoms with Gasteiger partial charge < -0.3 is 0 Å². The molecule has 2 aromatic heterocycles. The van der Waals surface area contributed by atoms with Crippen LogP contribution in [0.4, 0.5) is 0 Å². The Bertz CT molecular complexity index is 457. The van der Waals surface area contributed by atoms with Crippen molar-refractivity contribution in [3.63, 3.8) is 0 Å². The molecule has 0 aliphatic rings. The predicted molar refractivity (Wildman–Crippen MR) is 55.9 cm³/mol. The highest BCUT2D eigenvalue weighted by Crippen LogP contribution is 2.17. The molecule has 0 amide bonds. The van der Waals surface area contributed by atoms with E-state index in [1.54, 1.807) is 0 Å². The average molecular weight is 187 g/mol. The van der Waals surface area contributed by atoms with Crippen LogP contribution < -0.4 is 0 Å². The third-order valence-electron chi connectivity index (χ3n) is 2.18. The number of aryl methyl sites for hydroxylation is 3. The molecule has 0 aliphatic carbocycles. The van der Waals surface area contributed by atoms with Crippen LogP contribution in [0, 0.1) is 13.8 Å². The minimum Gasteiger partial charge on any atom is -0.266 e. The van der Waals surface area contributed by atoms with E-state index in [4.69, 9.17) is 0 Å². The summed E-state index contributed by atoms with van der Waals surface area (Å²) in [5.41, 5.74) is 4.28. The molecule has 2 heterocycles. The molecule has 0 aromatic carbocycles. The zero-order chi connectivity index (χ0) is 10.1. The Morgan fingerprint density at radius 1 is 1.21 bits per heavy atom. The molecule has 2 aromatic rings. The van der Waals surface area contributed by atoms with Crippen LogP contribution in [0.1, 0.15) is 11.3 Å². The largest absolute Gasteiger partial charge is 0.266 e. The van der Waals surface area contributed by atoms with Crippen molar-refractivity contribution < 1.29 is 0 Å². The first-order valence-corrected chi connectivity index (χ1v) is 4.60. The molecule has 0 fully saturated rings. The number of rotatable bonds is 1. The van der Waals surface area contributed by atoms with Gasteiger partial charge in [-0.05, 0) is 37.6 Å². The minimum absolute atomic E-state index is 0.980. The lowest BCUT2D eigenvalue weighted by atomic mass is 10.2. The van der Waals surface area contributed by atoms with Gasteiger partial charge in [0.1, 0.15) is 0 Å². The van der Waals surface area contributed by atoms with E-state index >= 15 is 0 Å². The van der Waals surface area contributed by atoms with Crippen LogP contribution in [0.15, 0.2) is 24.4 Å². The monoisotopic (exact) mass is 187 g/mol. The predicted octanol–water partition coefficient (Wildman–Crippen LogP) is 2.10. The van der Waals surface area contributed by atoms with E-state index in [1.807, 2.05) is 37.0 Å². The van der Waals surface area contributed by atoms with Crippen molar-refractivity contribution in [3.8, 4) is 11.4 Å². The van der Waals surface area contributed by atoms with E-state index in [-0.39, 0.29) is 0 Å². The molecule has 3 nitrogen and oxygen atoms in total. The summed E-state index contributed by atoms with van der Waals surface area (Å²) in [4.78, 5) is 4.32. The van der Waals surface area contributed by atoms with Crippen LogP contribution in [0.3, 0.4) is 0 Å². The minimum atomic E-state index is 0.980. The maximum atomic E-state index is 4.32. The van der Waals surface area contributed by atoms with Gasteiger partial charge in [-0.15, -0.1) is 0 Å². The zero-order valence-electron chi connectivity index (χ0n) is 8.65. The zero-order valence-corrected chi connectivity index (χ0v) is 8.65. The Labute approximate surface area is 83.4 Å². The summed E-state index contributed by atoms with van der Waals surface area (Å²) in [5, 5.41) is 4.29. The lowest BCUT2D eigenvalue weighted by Crippen LogP contribution is -1.95. The van der Waals surface area contributed by atoms with Gasteiger partial charge in [0.05, 0.1) is 17.1 Å². The van der Waals surface area contributed by atoms with Gasteiger partial charge in [0.2, 0.25) is 0 Å². The first kappa shape index (κ1) is 8.94. The lowest BCUT2D eigenvalue weighted by Gasteiger charge is -2.01. The number of pyridine rings is 1. The lowest BCUT2D eigenvalue weighted by molar-refractivity contribution is 0.762. The third-order valence-corrected chi connectivity index (χ3v) is 2.18. The van der Waals surface area contributed by atoms with Gasteiger partial charge in [-0.25, -0.2) is 0 Å². The fraction of sp³-hybridized carbons (Fsp3) is 0.273. The highest BCUT2D eigenvalue weighted by Gasteiger charge is 2.05. The quantitative estimate of drug-likeness (QED) is 0.684. The van der Waals surface area contributed by atoms with E-state index in [1.165, 1.54) is 5.56 Å². The summed E-state index contributed by atoms with van der Waals surface area (Å²) in [6, 6.07) is 6.10. The Hall–Kier alpha value is -1.64. The maximum absolute atomic E-state index is 4.32. The van der Waals surface area contributed by atoms with Gasteiger partial charge in [-0.3, -0.25) is 9.67 Å². The van der Waals surface area contributed by atoms with Crippen molar-refractivity contribution in [2.75, 3.05) is 0 Å². The average Bonchev–Trinajstić information content (AvgIpc) is 2.45. The normalized spacial score (nSPS) is 10.5. The highest BCUT2D eigenvalue weighted by molar-refractivity contribution is 5.55. The van der Waals surface area contributed by atoms with E-state index < -0.39 is 0 Å². The molecule has 0 radical (unpaired) electrons. The van der Waals surface area contributed by atoms with E-state index in [9.17, 15) is 0 Å². The van der Waals surface area contributed by atoms with Crippen molar-refractivity contribution in [1.82, 2.24) is 14.8 Å². The van der Waals surface area contributed by atoms with E-state index in [0.29, 0.717) is 0 Å².